The second kappa shape index (κ2) is 16.3. The number of para-hydroxylation sites is 1. The minimum absolute atomic E-state index is 0.754. The van der Waals surface area contributed by atoms with E-state index in [1.54, 1.807) is 0 Å². The maximum atomic E-state index is 6.38. The number of allylic oxidation sites excluding steroid dienone is 4. The summed E-state index contributed by atoms with van der Waals surface area (Å²) in [5.74, 6) is 0. The van der Waals surface area contributed by atoms with Gasteiger partial charge in [-0.15, -0.1) is 4.57 Å². The van der Waals surface area contributed by atoms with Crippen molar-refractivity contribution in [3.05, 3.63) is 125 Å². The molecule has 52 heavy (non-hydrogen) atoms. The molecule has 0 atom stereocenters. The van der Waals surface area contributed by atoms with Crippen LogP contribution in [0, 0.1) is 27.7 Å². The van der Waals surface area contributed by atoms with Crippen LogP contribution in [-0.2, 0) is 0 Å². The Hall–Kier alpha value is -5.43. The molecule has 1 heterocycles. The van der Waals surface area contributed by atoms with Crippen LogP contribution in [0.1, 0.15) is 74.1 Å². The van der Waals surface area contributed by atoms with Gasteiger partial charge in [0.25, 0.3) is 0 Å². The lowest BCUT2D eigenvalue weighted by atomic mass is 9.99. The Bertz CT molecular complexity index is 2210. The number of hydrogen-bond donors (Lipinski definition) is 4. The summed E-state index contributed by atoms with van der Waals surface area (Å²) in [7, 11) is 0. The van der Waals surface area contributed by atoms with Crippen LogP contribution in [0.25, 0.3) is 27.8 Å². The van der Waals surface area contributed by atoms with Crippen molar-refractivity contribution in [2.45, 2.75) is 79.6 Å². The van der Waals surface area contributed by atoms with Gasteiger partial charge in [0, 0.05) is 60.1 Å². The standard InChI is InChI=1S/C45H53N7/c1-29-22-40(31(3)21-36(29)46)50-41-25-32(4)38(24-34(41)6)48-19-15-10-8-7-9-11-16-20-49-39-28-45-43(26-33(39)5)51-42-23-30(2)37(47)27-44(42)52(45)35-17-13-12-14-18-35/h12-14,17-18,21-28,48H,3,7-11,15-16,19-20,46H2,1-2,4-6H3,(H2,47,49)/p+1/b50-40-. The van der Waals surface area contributed by atoms with Gasteiger partial charge in [-0.2, -0.15) is 0 Å². The Morgan fingerprint density at radius 3 is 1.90 bits per heavy atom. The lowest BCUT2D eigenvalue weighted by Crippen LogP contribution is -2.33. The van der Waals surface area contributed by atoms with E-state index in [0.717, 1.165) is 98.0 Å². The van der Waals surface area contributed by atoms with E-state index in [2.05, 4.69) is 103 Å². The number of unbranched alkanes of at least 4 members (excludes halogenated alkanes) is 6. The average molecular weight is 693 g/mol. The van der Waals surface area contributed by atoms with Crippen molar-refractivity contribution >= 4 is 50.5 Å². The molecule has 0 aliphatic heterocycles. The molecule has 0 bridgehead atoms. The average Bonchev–Trinajstić information content (AvgIpc) is 3.11. The minimum Gasteiger partial charge on any atom is -0.398 e. The van der Waals surface area contributed by atoms with Crippen LogP contribution >= 0.6 is 0 Å². The molecule has 1 aliphatic carbocycles. The summed E-state index contributed by atoms with van der Waals surface area (Å²) in [5.41, 5.74) is 29.7. The molecule has 1 aliphatic rings. The van der Waals surface area contributed by atoms with Crippen molar-refractivity contribution in [2.24, 2.45) is 10.7 Å². The molecule has 5 aromatic rings. The van der Waals surface area contributed by atoms with Gasteiger partial charge in [-0.1, -0.05) is 56.9 Å². The van der Waals surface area contributed by atoms with E-state index in [0.29, 0.717) is 0 Å². The third kappa shape index (κ3) is 8.37. The molecule has 6 rings (SSSR count). The fourth-order valence-corrected chi connectivity index (χ4v) is 6.90. The molecular formula is C45H54N7+. The predicted molar refractivity (Wildman–Crippen MR) is 222 cm³/mol. The zero-order valence-electron chi connectivity index (χ0n) is 31.6. The van der Waals surface area contributed by atoms with Crippen LogP contribution in [0.5, 0.6) is 0 Å². The van der Waals surface area contributed by atoms with Gasteiger partial charge in [0.1, 0.15) is 11.0 Å². The molecule has 7 heteroatoms. The Kier molecular flexibility index (Phi) is 11.4. The molecule has 7 nitrogen and oxygen atoms in total. The molecule has 0 radical (unpaired) electrons. The summed E-state index contributed by atoms with van der Waals surface area (Å²) in [6, 6.07) is 23.4. The third-order valence-corrected chi connectivity index (χ3v) is 10.2. The maximum Gasteiger partial charge on any atom is 0.239 e. The Morgan fingerprint density at radius 1 is 0.654 bits per heavy atom. The molecule has 0 fully saturated rings. The van der Waals surface area contributed by atoms with Crippen LogP contribution in [0.4, 0.5) is 22.7 Å². The van der Waals surface area contributed by atoms with E-state index in [4.69, 9.17) is 21.4 Å². The number of nitrogens with one attached hydrogen (secondary N) is 2. The van der Waals surface area contributed by atoms with Gasteiger partial charge >= 0.3 is 0 Å². The van der Waals surface area contributed by atoms with E-state index >= 15 is 0 Å². The zero-order valence-corrected chi connectivity index (χ0v) is 31.6. The lowest BCUT2D eigenvalue weighted by Gasteiger charge is -2.15. The summed E-state index contributed by atoms with van der Waals surface area (Å²) in [6.45, 7) is 16.5. The largest absolute Gasteiger partial charge is 0.398 e. The first-order valence-corrected chi connectivity index (χ1v) is 18.7. The maximum absolute atomic E-state index is 6.38. The molecule has 0 amide bonds. The fourth-order valence-electron chi connectivity index (χ4n) is 6.90. The normalized spacial score (nSPS) is 13.9. The molecule has 268 valence electrons. The first-order valence-electron chi connectivity index (χ1n) is 18.7. The molecule has 0 saturated heterocycles. The number of fused-ring (bicyclic) bond motifs is 2. The lowest BCUT2D eigenvalue weighted by molar-refractivity contribution is -0.538. The predicted octanol–water partition coefficient (Wildman–Crippen LogP) is 10.2. The molecule has 0 saturated carbocycles. The van der Waals surface area contributed by atoms with Crippen LogP contribution in [-0.4, -0.2) is 23.8 Å². The van der Waals surface area contributed by atoms with E-state index in [1.165, 1.54) is 55.3 Å². The van der Waals surface area contributed by atoms with Crippen molar-refractivity contribution in [3.63, 3.8) is 0 Å². The molecule has 6 N–H and O–H groups in total. The second-order valence-corrected chi connectivity index (χ2v) is 14.4. The van der Waals surface area contributed by atoms with Crippen molar-refractivity contribution in [3.8, 4) is 5.69 Å². The van der Waals surface area contributed by atoms with E-state index < -0.39 is 0 Å². The molecule has 0 unspecified atom stereocenters. The number of benzene rings is 4. The molecule has 4 aromatic carbocycles. The second-order valence-electron chi connectivity index (χ2n) is 14.4. The number of nitrogens with two attached hydrogens (primary N) is 2. The van der Waals surface area contributed by atoms with Crippen LogP contribution in [0.15, 0.2) is 107 Å². The monoisotopic (exact) mass is 692 g/mol. The topological polar surface area (TPSA) is 105 Å². The SMILES string of the molecule is C=C1C=C(N)C(C)=C/C1=N/c1cc(C)c(NCCCCCCCCCNc2cc3c(cc2C)nc2cc(C)c(N)cc2[n+]3-c2ccccc2)cc1C. The third-order valence-electron chi connectivity index (χ3n) is 10.2. The summed E-state index contributed by atoms with van der Waals surface area (Å²) in [4.78, 5) is 9.95. The zero-order chi connectivity index (χ0) is 36.8. The van der Waals surface area contributed by atoms with Gasteiger partial charge < -0.3 is 22.1 Å². The van der Waals surface area contributed by atoms with E-state index in [9.17, 15) is 0 Å². The fraction of sp³-hybridized carbons (Fsp3) is 0.311. The first kappa shape index (κ1) is 36.4. The van der Waals surface area contributed by atoms with Crippen LogP contribution in [0.3, 0.4) is 0 Å². The highest BCUT2D eigenvalue weighted by atomic mass is 15.0. The summed E-state index contributed by atoms with van der Waals surface area (Å²) < 4.78 is 2.28. The number of nitrogens with zero attached hydrogens (tertiary/aromatic N) is 3. The first-order chi connectivity index (χ1) is 25.1. The molecule has 1 aromatic heterocycles. The van der Waals surface area contributed by atoms with Gasteiger partial charge in [0.05, 0.1) is 11.4 Å². The number of aromatic nitrogens is 2. The summed E-state index contributed by atoms with van der Waals surface area (Å²) in [5, 5.41) is 7.39. The van der Waals surface area contributed by atoms with E-state index in [1.807, 2.05) is 32.1 Å². The van der Waals surface area contributed by atoms with Gasteiger partial charge in [-0.25, -0.2) is 9.98 Å². The molecular weight excluding hydrogens is 639 g/mol. The number of hydrogen-bond acceptors (Lipinski definition) is 6. The summed E-state index contributed by atoms with van der Waals surface area (Å²) in [6.07, 6.45) is 12.5. The van der Waals surface area contributed by atoms with Gasteiger partial charge in [0.2, 0.25) is 16.7 Å². The van der Waals surface area contributed by atoms with Gasteiger partial charge in [-0.3, -0.25) is 0 Å². The van der Waals surface area contributed by atoms with Gasteiger partial charge in [0.15, 0.2) is 0 Å². The van der Waals surface area contributed by atoms with E-state index in [-0.39, 0.29) is 0 Å². The Morgan fingerprint density at radius 2 is 1.23 bits per heavy atom. The summed E-state index contributed by atoms with van der Waals surface area (Å²) >= 11 is 0. The van der Waals surface area contributed by atoms with Crippen LogP contribution < -0.4 is 26.7 Å². The number of aryl methyl sites for hydroxylation is 4. The highest BCUT2D eigenvalue weighted by Crippen LogP contribution is 2.30. The molecule has 0 spiro atoms. The number of anilines is 3. The van der Waals surface area contributed by atoms with Crippen molar-refractivity contribution in [2.75, 3.05) is 29.5 Å². The number of aliphatic imine (C=N–C) groups is 1. The smallest absolute Gasteiger partial charge is 0.239 e. The quantitative estimate of drug-likeness (QED) is 0.0401. The Balaban J connectivity index is 0.948. The van der Waals surface area contributed by atoms with Gasteiger partial charge in [-0.05, 0) is 117 Å². The Labute approximate surface area is 309 Å². The minimum atomic E-state index is 0.754. The van der Waals surface area contributed by atoms with Crippen molar-refractivity contribution in [1.29, 1.82) is 0 Å². The highest BCUT2D eigenvalue weighted by Gasteiger charge is 2.22. The van der Waals surface area contributed by atoms with Crippen molar-refractivity contribution < 1.29 is 4.57 Å². The van der Waals surface area contributed by atoms with Crippen LogP contribution in [0.2, 0.25) is 0 Å². The highest BCUT2D eigenvalue weighted by molar-refractivity contribution is 6.13. The van der Waals surface area contributed by atoms with Crippen molar-refractivity contribution in [1.82, 2.24) is 4.98 Å². The number of nitrogen functional groups attached to an aromatic ring is 1. The number of rotatable bonds is 14.